The molecule has 7 heteroatoms. The Labute approximate surface area is 150 Å². The molecule has 1 heterocycles. The molecule has 1 fully saturated rings. The van der Waals surface area contributed by atoms with Crippen LogP contribution in [0.3, 0.4) is 0 Å². The first-order valence-electron chi connectivity index (χ1n) is 9.56. The van der Waals surface area contributed by atoms with Crippen LogP contribution in [0.5, 0.6) is 0 Å². The maximum Gasteiger partial charge on any atom is 0.317 e. The Hall–Kier alpha value is -1.02. The molecule has 0 amide bonds. The molecule has 0 spiro atoms. The van der Waals surface area contributed by atoms with E-state index in [1.165, 1.54) is 51.4 Å². The number of cyclic esters (lactones) is 2. The molecule has 0 aromatic heterocycles. The van der Waals surface area contributed by atoms with Crippen molar-refractivity contribution in [2.45, 2.75) is 84.0 Å². The molecule has 25 heavy (non-hydrogen) atoms. The third-order valence-electron chi connectivity index (χ3n) is 4.22. The van der Waals surface area contributed by atoms with E-state index in [0.29, 0.717) is 13.0 Å². The molecule has 1 atom stereocenters. The SMILES string of the molecule is CCCCCCCCCCCCOOOOCCC1CC(=O)OC1=O. The molecular weight excluding hydrogens is 328 g/mol. The average Bonchev–Trinajstić information content (AvgIpc) is 2.92. The van der Waals surface area contributed by atoms with E-state index >= 15 is 0 Å². The fraction of sp³-hybridized carbons (Fsp3) is 0.889. The number of rotatable bonds is 17. The highest BCUT2D eigenvalue weighted by molar-refractivity contribution is 5.94. The maximum absolute atomic E-state index is 11.2. The van der Waals surface area contributed by atoms with Gasteiger partial charge in [0, 0.05) is 0 Å². The largest absolute Gasteiger partial charge is 0.393 e. The van der Waals surface area contributed by atoms with Gasteiger partial charge in [0.05, 0.1) is 25.6 Å². The molecule has 0 N–H and O–H groups in total. The van der Waals surface area contributed by atoms with Crippen LogP contribution in [-0.2, 0) is 34.2 Å². The molecule has 1 rings (SSSR count). The van der Waals surface area contributed by atoms with E-state index in [2.05, 4.69) is 21.7 Å². The smallest absolute Gasteiger partial charge is 0.317 e. The fourth-order valence-corrected chi connectivity index (χ4v) is 2.69. The summed E-state index contributed by atoms with van der Waals surface area (Å²) in [6.07, 6.45) is 13.0. The van der Waals surface area contributed by atoms with Gasteiger partial charge >= 0.3 is 11.9 Å². The third-order valence-corrected chi connectivity index (χ3v) is 4.22. The van der Waals surface area contributed by atoms with Crippen LogP contribution in [0.4, 0.5) is 0 Å². The molecule has 0 saturated carbocycles. The van der Waals surface area contributed by atoms with Crippen LogP contribution in [0.2, 0.25) is 0 Å². The molecule has 146 valence electrons. The number of carbonyl (C=O) groups is 2. The van der Waals surface area contributed by atoms with Gasteiger partial charge in [0.25, 0.3) is 0 Å². The van der Waals surface area contributed by atoms with Gasteiger partial charge in [-0.25, -0.2) is 9.78 Å². The maximum atomic E-state index is 11.2. The number of hydrogen-bond donors (Lipinski definition) is 0. The van der Waals surface area contributed by atoms with Crippen LogP contribution in [0.1, 0.15) is 84.0 Å². The van der Waals surface area contributed by atoms with Gasteiger partial charge in [-0.1, -0.05) is 64.7 Å². The average molecular weight is 360 g/mol. The summed E-state index contributed by atoms with van der Waals surface area (Å²) in [6, 6.07) is 0. The first-order valence-corrected chi connectivity index (χ1v) is 9.56. The summed E-state index contributed by atoms with van der Waals surface area (Å²) in [7, 11) is 0. The highest BCUT2D eigenvalue weighted by atomic mass is 17.7. The summed E-state index contributed by atoms with van der Waals surface area (Å²) in [6.45, 7) is 2.80. The molecule has 1 saturated heterocycles. The lowest BCUT2D eigenvalue weighted by Gasteiger charge is -2.05. The van der Waals surface area contributed by atoms with Crippen LogP contribution in [0.15, 0.2) is 0 Å². The van der Waals surface area contributed by atoms with E-state index in [1.54, 1.807) is 0 Å². The van der Waals surface area contributed by atoms with E-state index in [-0.39, 0.29) is 13.0 Å². The minimum Gasteiger partial charge on any atom is -0.393 e. The first-order chi connectivity index (χ1) is 12.2. The second-order valence-electron chi connectivity index (χ2n) is 6.44. The van der Waals surface area contributed by atoms with Crippen LogP contribution in [0, 0.1) is 5.92 Å². The zero-order valence-electron chi connectivity index (χ0n) is 15.3. The molecule has 0 aromatic rings. The van der Waals surface area contributed by atoms with Crippen molar-refractivity contribution in [3.8, 4) is 0 Å². The molecule has 0 bridgehead atoms. The van der Waals surface area contributed by atoms with Crippen molar-refractivity contribution in [2.75, 3.05) is 13.2 Å². The normalized spacial score (nSPS) is 17.2. The fourth-order valence-electron chi connectivity index (χ4n) is 2.69. The van der Waals surface area contributed by atoms with Gasteiger partial charge < -0.3 is 4.74 Å². The summed E-state index contributed by atoms with van der Waals surface area (Å²) in [4.78, 5) is 31.6. The van der Waals surface area contributed by atoms with Gasteiger partial charge in [0.2, 0.25) is 0 Å². The zero-order chi connectivity index (χ0) is 18.2. The molecule has 1 aliphatic rings. The molecule has 1 aliphatic heterocycles. The predicted octanol–water partition coefficient (Wildman–Crippen LogP) is 4.20. The Balaban J connectivity index is 1.72. The lowest BCUT2D eigenvalue weighted by atomic mass is 10.1. The number of esters is 2. The second-order valence-corrected chi connectivity index (χ2v) is 6.44. The highest BCUT2D eigenvalue weighted by Gasteiger charge is 2.32. The first kappa shape index (κ1) is 22.0. The summed E-state index contributed by atoms with van der Waals surface area (Å²) in [5, 5.41) is 8.81. The Kier molecular flexibility index (Phi) is 13.4. The number of carbonyl (C=O) groups excluding carboxylic acids is 2. The summed E-state index contributed by atoms with van der Waals surface area (Å²) in [5.41, 5.74) is 0. The highest BCUT2D eigenvalue weighted by Crippen LogP contribution is 2.19. The topological polar surface area (TPSA) is 80.3 Å². The van der Waals surface area contributed by atoms with Crippen molar-refractivity contribution in [1.29, 1.82) is 0 Å². The number of unbranched alkanes of at least 4 members (excludes halogenated alkanes) is 9. The van der Waals surface area contributed by atoms with Gasteiger partial charge in [-0.2, -0.15) is 0 Å². The molecular formula is C18H32O7. The predicted molar refractivity (Wildman–Crippen MR) is 89.7 cm³/mol. The lowest BCUT2D eigenvalue weighted by molar-refractivity contribution is -0.634. The minimum absolute atomic E-state index is 0.0955. The van der Waals surface area contributed by atoms with Crippen LogP contribution >= 0.6 is 0 Å². The quantitative estimate of drug-likeness (QED) is 0.126. The molecule has 0 radical (unpaired) electrons. The van der Waals surface area contributed by atoms with Crippen LogP contribution in [-0.4, -0.2) is 25.2 Å². The van der Waals surface area contributed by atoms with Crippen LogP contribution < -0.4 is 0 Å². The van der Waals surface area contributed by atoms with Gasteiger partial charge in [0.15, 0.2) is 0 Å². The van der Waals surface area contributed by atoms with Crippen molar-refractivity contribution in [3.05, 3.63) is 0 Å². The van der Waals surface area contributed by atoms with Gasteiger partial charge in [-0.15, -0.1) is 0 Å². The summed E-state index contributed by atoms with van der Waals surface area (Å²) >= 11 is 0. The summed E-state index contributed by atoms with van der Waals surface area (Å²) in [5.74, 6) is -1.46. The Morgan fingerprint density at radius 1 is 0.840 bits per heavy atom. The molecule has 0 aromatic carbocycles. The van der Waals surface area contributed by atoms with E-state index < -0.39 is 17.9 Å². The standard InChI is InChI=1S/C18H32O7/c1-2-3-4-5-6-7-8-9-10-11-13-21-24-25-22-14-12-16-15-17(19)23-18(16)20/h16H,2-15H2,1H3. The van der Waals surface area contributed by atoms with E-state index in [9.17, 15) is 9.59 Å². The Morgan fingerprint density at radius 3 is 1.96 bits per heavy atom. The van der Waals surface area contributed by atoms with Crippen molar-refractivity contribution in [3.63, 3.8) is 0 Å². The van der Waals surface area contributed by atoms with E-state index in [1.807, 2.05) is 0 Å². The minimum atomic E-state index is -0.508. The summed E-state index contributed by atoms with van der Waals surface area (Å²) < 4.78 is 4.42. The molecule has 1 unspecified atom stereocenters. The second kappa shape index (κ2) is 15.3. The van der Waals surface area contributed by atoms with Crippen molar-refractivity contribution in [1.82, 2.24) is 0 Å². The zero-order valence-corrected chi connectivity index (χ0v) is 15.3. The number of ether oxygens (including phenoxy) is 1. The van der Waals surface area contributed by atoms with E-state index in [0.717, 1.165) is 12.8 Å². The van der Waals surface area contributed by atoms with Crippen molar-refractivity contribution >= 4 is 11.9 Å². The number of hydrogen-bond acceptors (Lipinski definition) is 7. The van der Waals surface area contributed by atoms with Crippen LogP contribution in [0.25, 0.3) is 0 Å². The lowest BCUT2D eigenvalue weighted by Crippen LogP contribution is -2.11. The van der Waals surface area contributed by atoms with Crippen molar-refractivity contribution < 1.29 is 34.2 Å². The monoisotopic (exact) mass is 360 g/mol. The van der Waals surface area contributed by atoms with E-state index in [4.69, 9.17) is 9.78 Å². The van der Waals surface area contributed by atoms with Crippen molar-refractivity contribution in [2.24, 2.45) is 5.92 Å². The van der Waals surface area contributed by atoms with Gasteiger partial charge in [-0.05, 0) is 22.9 Å². The Morgan fingerprint density at radius 2 is 1.40 bits per heavy atom. The Bertz CT molecular complexity index is 359. The molecule has 0 aliphatic carbocycles. The third kappa shape index (κ3) is 12.0. The van der Waals surface area contributed by atoms with Gasteiger partial charge in [0.1, 0.15) is 0 Å². The van der Waals surface area contributed by atoms with Gasteiger partial charge in [-0.3, -0.25) is 9.59 Å². The molecule has 7 nitrogen and oxygen atoms in total.